The third-order valence-corrected chi connectivity index (χ3v) is 7.85. The summed E-state index contributed by atoms with van der Waals surface area (Å²) in [7, 11) is 0. The summed E-state index contributed by atoms with van der Waals surface area (Å²) in [6.07, 6.45) is 4.38. The van der Waals surface area contributed by atoms with Crippen LogP contribution in [0.5, 0.6) is 0 Å². The van der Waals surface area contributed by atoms with Gasteiger partial charge in [0.15, 0.2) is 0 Å². The maximum atomic E-state index is 13.3. The number of carbonyl (C=O) groups is 3. The van der Waals surface area contributed by atoms with Gasteiger partial charge in [0, 0.05) is 4.88 Å². The molecule has 3 aliphatic carbocycles. The van der Waals surface area contributed by atoms with Crippen molar-refractivity contribution in [3.8, 4) is 0 Å². The van der Waals surface area contributed by atoms with Gasteiger partial charge in [0.05, 0.1) is 24.0 Å². The second-order valence-corrected chi connectivity index (χ2v) is 9.51. The Kier molecular flexibility index (Phi) is 5.27. The fraction of sp³-hybridized carbons (Fsp3) is 0.591. The first-order chi connectivity index (χ1) is 13.8. The molecule has 1 aromatic rings. The lowest BCUT2D eigenvalue weighted by Gasteiger charge is -2.26. The summed E-state index contributed by atoms with van der Waals surface area (Å²) in [6, 6.07) is 0. The number of carboxylic acid groups (broad SMARTS) is 1. The predicted octanol–water partition coefficient (Wildman–Crippen LogP) is 4.05. The van der Waals surface area contributed by atoms with E-state index >= 15 is 0 Å². The predicted molar refractivity (Wildman–Crippen MR) is 110 cm³/mol. The molecule has 3 aliphatic rings. The lowest BCUT2D eigenvalue weighted by Crippen LogP contribution is -2.38. The second-order valence-electron chi connectivity index (χ2n) is 8.41. The standard InChI is InChI=1S/C22H27NO5S/c1-4-28-22(27)18-11-6-5-7-14(11)29-20(18)23-19(24)16-12-8-9-13(15(12)10(2)3)17(16)21(25)26/h12-13,16-17H,4-9H2,1-3H3,(H,23,24)(H,25,26)/t12-,13-,16-,17+/m0/s1. The highest BCUT2D eigenvalue weighted by molar-refractivity contribution is 7.17. The van der Waals surface area contributed by atoms with E-state index in [-0.39, 0.29) is 24.3 Å². The van der Waals surface area contributed by atoms with E-state index < -0.39 is 23.8 Å². The van der Waals surface area contributed by atoms with Gasteiger partial charge in [-0.05, 0) is 70.3 Å². The zero-order valence-corrected chi connectivity index (χ0v) is 17.9. The molecule has 0 radical (unpaired) electrons. The Morgan fingerprint density at radius 2 is 1.83 bits per heavy atom. The number of allylic oxidation sites excluding steroid dienone is 2. The van der Waals surface area contributed by atoms with Crippen LogP contribution < -0.4 is 5.32 Å². The zero-order chi connectivity index (χ0) is 20.9. The van der Waals surface area contributed by atoms with Gasteiger partial charge in [0.25, 0.3) is 0 Å². The number of ether oxygens (including phenoxy) is 1. The normalized spacial score (nSPS) is 27.1. The Labute approximate surface area is 174 Å². The van der Waals surface area contributed by atoms with E-state index in [1.165, 1.54) is 11.3 Å². The summed E-state index contributed by atoms with van der Waals surface area (Å²) >= 11 is 1.43. The number of fused-ring (bicyclic) bond motifs is 3. The smallest absolute Gasteiger partial charge is 0.341 e. The topological polar surface area (TPSA) is 92.7 Å². The van der Waals surface area contributed by atoms with Crippen LogP contribution in [0.1, 0.15) is 60.8 Å². The van der Waals surface area contributed by atoms with Crippen LogP contribution in [-0.4, -0.2) is 29.6 Å². The highest BCUT2D eigenvalue weighted by Gasteiger charge is 2.57. The first-order valence-corrected chi connectivity index (χ1v) is 11.2. The number of anilines is 1. The number of carboxylic acids is 1. The highest BCUT2D eigenvalue weighted by Crippen LogP contribution is 2.57. The molecule has 1 heterocycles. The van der Waals surface area contributed by atoms with Crippen molar-refractivity contribution in [3.63, 3.8) is 0 Å². The number of hydrogen-bond donors (Lipinski definition) is 2. The lowest BCUT2D eigenvalue weighted by atomic mass is 9.79. The van der Waals surface area contributed by atoms with Gasteiger partial charge in [-0.25, -0.2) is 4.79 Å². The van der Waals surface area contributed by atoms with Gasteiger partial charge in [-0.2, -0.15) is 0 Å². The quantitative estimate of drug-likeness (QED) is 0.557. The molecule has 6 nitrogen and oxygen atoms in total. The zero-order valence-electron chi connectivity index (χ0n) is 17.0. The van der Waals surface area contributed by atoms with Gasteiger partial charge >= 0.3 is 11.9 Å². The van der Waals surface area contributed by atoms with E-state index in [2.05, 4.69) is 5.32 Å². The van der Waals surface area contributed by atoms with Gasteiger partial charge in [0.2, 0.25) is 5.91 Å². The van der Waals surface area contributed by atoms with Crippen LogP contribution in [0, 0.1) is 23.7 Å². The van der Waals surface area contributed by atoms with E-state index in [0.29, 0.717) is 10.6 Å². The molecule has 2 N–H and O–H groups in total. The maximum absolute atomic E-state index is 13.3. The van der Waals surface area contributed by atoms with Crippen molar-refractivity contribution in [3.05, 3.63) is 27.2 Å². The number of carbonyl (C=O) groups excluding carboxylic acids is 2. The molecule has 0 aromatic carbocycles. The molecule has 2 fully saturated rings. The molecule has 1 amide bonds. The molecule has 1 aromatic heterocycles. The lowest BCUT2D eigenvalue weighted by molar-refractivity contribution is -0.148. The van der Waals surface area contributed by atoms with Crippen LogP contribution >= 0.6 is 11.3 Å². The average molecular weight is 418 g/mol. The number of hydrogen-bond acceptors (Lipinski definition) is 5. The summed E-state index contributed by atoms with van der Waals surface area (Å²) in [5.74, 6) is -2.97. The number of aryl methyl sites for hydroxylation is 1. The number of esters is 1. The van der Waals surface area contributed by atoms with Crippen molar-refractivity contribution in [2.45, 2.75) is 52.9 Å². The fourth-order valence-corrected chi connectivity index (χ4v) is 6.99. The summed E-state index contributed by atoms with van der Waals surface area (Å²) < 4.78 is 5.23. The Hall–Kier alpha value is -2.15. The van der Waals surface area contributed by atoms with Crippen molar-refractivity contribution >= 4 is 34.2 Å². The van der Waals surface area contributed by atoms with Crippen molar-refractivity contribution < 1.29 is 24.2 Å². The number of thiophene rings is 1. The Morgan fingerprint density at radius 1 is 1.14 bits per heavy atom. The number of aliphatic carboxylic acids is 1. The van der Waals surface area contributed by atoms with Gasteiger partial charge in [-0.1, -0.05) is 11.1 Å². The molecule has 0 aliphatic heterocycles. The Bertz CT molecular complexity index is 911. The van der Waals surface area contributed by atoms with Gasteiger partial charge in [-0.15, -0.1) is 11.3 Å². The van der Waals surface area contributed by atoms with Gasteiger partial charge in [0.1, 0.15) is 5.00 Å². The molecule has 4 rings (SSSR count). The average Bonchev–Trinajstić information content (AvgIpc) is 3.39. The van der Waals surface area contributed by atoms with Crippen LogP contribution in [-0.2, 0) is 27.2 Å². The van der Waals surface area contributed by atoms with Gasteiger partial charge < -0.3 is 15.2 Å². The molecule has 0 saturated heterocycles. The third kappa shape index (κ3) is 3.19. The molecule has 4 atom stereocenters. The molecule has 0 spiro atoms. The van der Waals surface area contributed by atoms with Crippen molar-refractivity contribution in [2.24, 2.45) is 23.7 Å². The maximum Gasteiger partial charge on any atom is 0.341 e. The molecule has 2 bridgehead atoms. The van der Waals surface area contributed by atoms with Crippen molar-refractivity contribution in [1.29, 1.82) is 0 Å². The van der Waals surface area contributed by atoms with E-state index in [9.17, 15) is 19.5 Å². The monoisotopic (exact) mass is 417 g/mol. The summed E-state index contributed by atoms with van der Waals surface area (Å²) in [4.78, 5) is 39.0. The van der Waals surface area contributed by atoms with E-state index in [0.717, 1.165) is 53.7 Å². The van der Waals surface area contributed by atoms with Gasteiger partial charge in [-0.3, -0.25) is 9.59 Å². The minimum absolute atomic E-state index is 0.0241. The highest BCUT2D eigenvalue weighted by atomic mass is 32.1. The first kappa shape index (κ1) is 20.1. The minimum Gasteiger partial charge on any atom is -0.481 e. The van der Waals surface area contributed by atoms with Crippen LogP contribution in [0.15, 0.2) is 11.1 Å². The fourth-order valence-electron chi connectivity index (χ4n) is 5.71. The summed E-state index contributed by atoms with van der Waals surface area (Å²) in [5, 5.41) is 13.3. The Morgan fingerprint density at radius 3 is 2.45 bits per heavy atom. The molecule has 2 saturated carbocycles. The molecule has 0 unspecified atom stereocenters. The molecule has 29 heavy (non-hydrogen) atoms. The van der Waals surface area contributed by atoms with Crippen LogP contribution in [0.25, 0.3) is 0 Å². The summed E-state index contributed by atoms with van der Waals surface area (Å²) in [6.45, 7) is 6.04. The van der Waals surface area contributed by atoms with Crippen LogP contribution in [0.4, 0.5) is 5.00 Å². The molecule has 7 heteroatoms. The third-order valence-electron chi connectivity index (χ3n) is 6.64. The molecular formula is C22H27NO5S. The molecule has 156 valence electrons. The SMILES string of the molecule is CCOC(=O)c1c(NC(=O)[C@@H]2[C@H](C(=O)O)[C@H]3CC[C@H]2C3=C(C)C)sc2c1CCC2. The largest absolute Gasteiger partial charge is 0.481 e. The molecular weight excluding hydrogens is 390 g/mol. The van der Waals surface area contributed by atoms with E-state index in [1.54, 1.807) is 6.92 Å². The Balaban J connectivity index is 1.66. The van der Waals surface area contributed by atoms with Crippen LogP contribution in [0.3, 0.4) is 0 Å². The van der Waals surface area contributed by atoms with E-state index in [1.807, 2.05) is 13.8 Å². The summed E-state index contributed by atoms with van der Waals surface area (Å²) in [5.41, 5.74) is 3.73. The van der Waals surface area contributed by atoms with Crippen molar-refractivity contribution in [1.82, 2.24) is 0 Å². The number of nitrogens with one attached hydrogen (secondary N) is 1. The number of amides is 1. The van der Waals surface area contributed by atoms with Crippen LogP contribution in [0.2, 0.25) is 0 Å². The minimum atomic E-state index is -0.907. The first-order valence-electron chi connectivity index (χ1n) is 10.4. The second kappa shape index (κ2) is 7.59. The van der Waals surface area contributed by atoms with Crippen molar-refractivity contribution in [2.75, 3.05) is 11.9 Å². The number of rotatable bonds is 5. The van der Waals surface area contributed by atoms with E-state index in [4.69, 9.17) is 4.74 Å².